The lowest BCUT2D eigenvalue weighted by molar-refractivity contribution is -0.125. The van der Waals surface area contributed by atoms with Gasteiger partial charge in [0, 0.05) is 18.2 Å². The number of carbonyl (C=O) groups excluding carboxylic acids is 2. The molecule has 1 N–H and O–H groups in total. The number of ketones is 1. The van der Waals surface area contributed by atoms with Gasteiger partial charge in [-0.05, 0) is 36.4 Å². The second-order valence-corrected chi connectivity index (χ2v) is 4.91. The Labute approximate surface area is 140 Å². The summed E-state index contributed by atoms with van der Waals surface area (Å²) in [5, 5.41) is 2.68. The monoisotopic (exact) mass is 329 g/mol. The van der Waals surface area contributed by atoms with E-state index in [-0.39, 0.29) is 25.1 Å². The average molecular weight is 329 g/mol. The molecule has 0 saturated heterocycles. The zero-order valence-corrected chi connectivity index (χ0v) is 13.6. The minimum Gasteiger partial charge on any atom is -0.497 e. The Morgan fingerprint density at radius 2 is 1.71 bits per heavy atom. The topological polar surface area (TPSA) is 73.9 Å². The SMILES string of the molecule is COCOCC(=O)Nc1ccccc1C(=O)c1ccc(OC)cc1. The summed E-state index contributed by atoms with van der Waals surface area (Å²) >= 11 is 0. The molecule has 6 heteroatoms. The Morgan fingerprint density at radius 1 is 1.00 bits per heavy atom. The predicted octanol–water partition coefficient (Wildman–Crippen LogP) is 2.49. The Kier molecular flexibility index (Phi) is 6.48. The number of amides is 1. The van der Waals surface area contributed by atoms with Gasteiger partial charge in [0.2, 0.25) is 0 Å². The molecular weight excluding hydrogens is 310 g/mol. The summed E-state index contributed by atoms with van der Waals surface area (Å²) in [4.78, 5) is 24.5. The third-order valence-electron chi connectivity index (χ3n) is 3.23. The summed E-state index contributed by atoms with van der Waals surface area (Å²) in [6, 6.07) is 13.6. The van der Waals surface area contributed by atoms with E-state index in [4.69, 9.17) is 14.2 Å². The molecule has 0 spiro atoms. The highest BCUT2D eigenvalue weighted by molar-refractivity contribution is 6.13. The number of carbonyl (C=O) groups is 2. The molecule has 0 heterocycles. The van der Waals surface area contributed by atoms with E-state index in [0.717, 1.165) is 0 Å². The van der Waals surface area contributed by atoms with Crippen molar-refractivity contribution >= 4 is 17.4 Å². The van der Waals surface area contributed by atoms with E-state index in [9.17, 15) is 9.59 Å². The van der Waals surface area contributed by atoms with Crippen LogP contribution in [0, 0.1) is 0 Å². The summed E-state index contributed by atoms with van der Waals surface area (Å²) in [6.07, 6.45) is 0. The first-order chi connectivity index (χ1) is 11.7. The lowest BCUT2D eigenvalue weighted by Gasteiger charge is -2.11. The van der Waals surface area contributed by atoms with Gasteiger partial charge in [0.25, 0.3) is 5.91 Å². The van der Waals surface area contributed by atoms with Crippen molar-refractivity contribution < 1.29 is 23.8 Å². The molecule has 0 radical (unpaired) electrons. The number of rotatable bonds is 8. The van der Waals surface area contributed by atoms with Crippen LogP contribution in [0.2, 0.25) is 0 Å². The Bertz CT molecular complexity index is 697. The molecule has 2 aromatic rings. The van der Waals surface area contributed by atoms with E-state index in [2.05, 4.69) is 5.32 Å². The standard InChI is InChI=1S/C18H19NO5/c1-22-12-24-11-17(20)19-16-6-4-3-5-15(16)18(21)13-7-9-14(23-2)10-8-13/h3-10H,11-12H2,1-2H3,(H,19,20). The van der Waals surface area contributed by atoms with Gasteiger partial charge in [-0.1, -0.05) is 12.1 Å². The fraction of sp³-hybridized carbons (Fsp3) is 0.222. The molecule has 1 amide bonds. The third kappa shape index (κ3) is 4.65. The van der Waals surface area contributed by atoms with E-state index >= 15 is 0 Å². The van der Waals surface area contributed by atoms with E-state index in [1.165, 1.54) is 7.11 Å². The first kappa shape index (κ1) is 17.7. The quantitative estimate of drug-likeness (QED) is 0.457. The van der Waals surface area contributed by atoms with Crippen molar-refractivity contribution in [3.8, 4) is 5.75 Å². The molecule has 0 unspecified atom stereocenters. The summed E-state index contributed by atoms with van der Waals surface area (Å²) in [5.74, 6) is 0.122. The number of ether oxygens (including phenoxy) is 3. The van der Waals surface area contributed by atoms with Gasteiger partial charge in [0.1, 0.15) is 19.1 Å². The van der Waals surface area contributed by atoms with Crippen molar-refractivity contribution in [1.29, 1.82) is 0 Å². The highest BCUT2D eigenvalue weighted by atomic mass is 16.7. The Balaban J connectivity index is 2.15. The lowest BCUT2D eigenvalue weighted by atomic mass is 10.0. The largest absolute Gasteiger partial charge is 0.497 e. The number of para-hydroxylation sites is 1. The van der Waals surface area contributed by atoms with Crippen LogP contribution in [0.5, 0.6) is 5.75 Å². The second kappa shape index (κ2) is 8.81. The van der Waals surface area contributed by atoms with Gasteiger partial charge in [0.05, 0.1) is 12.8 Å². The Morgan fingerprint density at radius 3 is 2.38 bits per heavy atom. The van der Waals surface area contributed by atoms with Crippen molar-refractivity contribution in [2.24, 2.45) is 0 Å². The van der Waals surface area contributed by atoms with Crippen molar-refractivity contribution in [3.05, 3.63) is 59.7 Å². The summed E-state index contributed by atoms with van der Waals surface area (Å²) in [7, 11) is 3.04. The summed E-state index contributed by atoms with van der Waals surface area (Å²) < 4.78 is 14.8. The van der Waals surface area contributed by atoms with Crippen molar-refractivity contribution in [1.82, 2.24) is 0 Å². The number of benzene rings is 2. The Hall–Kier alpha value is -2.70. The molecular formula is C18H19NO5. The zero-order valence-electron chi connectivity index (χ0n) is 13.6. The van der Waals surface area contributed by atoms with Crippen LogP contribution in [0.1, 0.15) is 15.9 Å². The van der Waals surface area contributed by atoms with Crippen LogP contribution < -0.4 is 10.1 Å². The van der Waals surface area contributed by atoms with Crippen LogP contribution >= 0.6 is 0 Å². The van der Waals surface area contributed by atoms with Crippen molar-refractivity contribution in [3.63, 3.8) is 0 Å². The van der Waals surface area contributed by atoms with Gasteiger partial charge in [-0.25, -0.2) is 0 Å². The number of hydrogen-bond donors (Lipinski definition) is 1. The maximum Gasteiger partial charge on any atom is 0.250 e. The maximum absolute atomic E-state index is 12.7. The maximum atomic E-state index is 12.7. The molecule has 0 atom stereocenters. The van der Waals surface area contributed by atoms with Crippen LogP contribution in [-0.2, 0) is 14.3 Å². The zero-order chi connectivity index (χ0) is 17.4. The molecule has 0 aliphatic carbocycles. The summed E-state index contributed by atoms with van der Waals surface area (Å²) in [5.41, 5.74) is 1.35. The first-order valence-electron chi connectivity index (χ1n) is 7.30. The molecule has 24 heavy (non-hydrogen) atoms. The fourth-order valence-electron chi connectivity index (χ4n) is 2.09. The summed E-state index contributed by atoms with van der Waals surface area (Å²) in [6.45, 7) is -0.126. The second-order valence-electron chi connectivity index (χ2n) is 4.91. The minimum atomic E-state index is -0.359. The molecule has 0 fully saturated rings. The number of hydrogen-bond acceptors (Lipinski definition) is 5. The highest BCUT2D eigenvalue weighted by Gasteiger charge is 2.15. The van der Waals surface area contributed by atoms with Gasteiger partial charge in [-0.3, -0.25) is 9.59 Å². The molecule has 0 aliphatic rings. The van der Waals surface area contributed by atoms with E-state index in [1.54, 1.807) is 55.6 Å². The minimum absolute atomic E-state index is 0.0276. The van der Waals surface area contributed by atoms with E-state index in [0.29, 0.717) is 22.6 Å². The van der Waals surface area contributed by atoms with Gasteiger partial charge < -0.3 is 19.5 Å². The molecule has 6 nitrogen and oxygen atoms in total. The first-order valence-corrected chi connectivity index (χ1v) is 7.30. The van der Waals surface area contributed by atoms with Crippen LogP contribution in [0.15, 0.2) is 48.5 Å². The van der Waals surface area contributed by atoms with Crippen LogP contribution in [-0.4, -0.2) is 39.3 Å². The fourth-order valence-corrected chi connectivity index (χ4v) is 2.09. The number of anilines is 1. The number of methoxy groups -OCH3 is 2. The highest BCUT2D eigenvalue weighted by Crippen LogP contribution is 2.21. The normalized spacial score (nSPS) is 10.2. The molecule has 2 aromatic carbocycles. The molecule has 126 valence electrons. The van der Waals surface area contributed by atoms with E-state index < -0.39 is 0 Å². The molecule has 0 bridgehead atoms. The van der Waals surface area contributed by atoms with Gasteiger partial charge in [0.15, 0.2) is 5.78 Å². The average Bonchev–Trinajstić information content (AvgIpc) is 2.62. The van der Waals surface area contributed by atoms with E-state index in [1.807, 2.05) is 0 Å². The molecule has 0 saturated carbocycles. The van der Waals surface area contributed by atoms with Crippen LogP contribution in [0.4, 0.5) is 5.69 Å². The number of nitrogens with one attached hydrogen (secondary N) is 1. The smallest absolute Gasteiger partial charge is 0.250 e. The molecule has 0 aliphatic heterocycles. The van der Waals surface area contributed by atoms with Crippen molar-refractivity contribution in [2.45, 2.75) is 0 Å². The van der Waals surface area contributed by atoms with Gasteiger partial charge in [-0.2, -0.15) is 0 Å². The third-order valence-corrected chi connectivity index (χ3v) is 3.23. The van der Waals surface area contributed by atoms with Crippen LogP contribution in [0.25, 0.3) is 0 Å². The van der Waals surface area contributed by atoms with Crippen LogP contribution in [0.3, 0.4) is 0 Å². The lowest BCUT2D eigenvalue weighted by Crippen LogP contribution is -2.20. The predicted molar refractivity (Wildman–Crippen MR) is 89.3 cm³/mol. The van der Waals surface area contributed by atoms with Crippen molar-refractivity contribution in [2.75, 3.05) is 32.9 Å². The molecule has 0 aromatic heterocycles. The van der Waals surface area contributed by atoms with Gasteiger partial charge in [-0.15, -0.1) is 0 Å². The molecule has 2 rings (SSSR count). The van der Waals surface area contributed by atoms with Gasteiger partial charge >= 0.3 is 0 Å².